The molecule has 1 aliphatic rings. The number of anilines is 1. The minimum absolute atomic E-state index is 0.0468. The van der Waals surface area contributed by atoms with Crippen LogP contribution in [-0.4, -0.2) is 84.0 Å². The number of hydrogen-bond acceptors (Lipinski definition) is 7. The van der Waals surface area contributed by atoms with E-state index in [2.05, 4.69) is 9.36 Å². The number of amides is 2. The standard InChI is InChI=1S/C21H28FN5O3S/c1-16(28)25-9-11-26(12-10-25)20(29)7-8-27(13-14-30-2)21-23-19(24-31-21)15-17-3-5-18(22)6-4-17/h3-6H,7-15H2,1-2H3. The Hall–Kier alpha value is -2.59. The van der Waals surface area contributed by atoms with Gasteiger partial charge >= 0.3 is 0 Å². The van der Waals surface area contributed by atoms with Gasteiger partial charge in [-0.15, -0.1) is 0 Å². The molecular weight excluding hydrogens is 421 g/mol. The molecule has 2 aromatic rings. The summed E-state index contributed by atoms with van der Waals surface area (Å²) in [5.41, 5.74) is 0.939. The van der Waals surface area contributed by atoms with E-state index in [4.69, 9.17) is 4.74 Å². The van der Waals surface area contributed by atoms with Crippen LogP contribution in [0.3, 0.4) is 0 Å². The van der Waals surface area contributed by atoms with Gasteiger partial charge in [0.25, 0.3) is 0 Å². The van der Waals surface area contributed by atoms with Crippen molar-refractivity contribution in [2.45, 2.75) is 19.8 Å². The van der Waals surface area contributed by atoms with Crippen LogP contribution in [0.25, 0.3) is 0 Å². The van der Waals surface area contributed by atoms with Crippen molar-refractivity contribution in [2.24, 2.45) is 0 Å². The molecule has 1 aromatic carbocycles. The molecular formula is C21H28FN5O3S. The number of rotatable bonds is 9. The lowest BCUT2D eigenvalue weighted by molar-refractivity contribution is -0.138. The van der Waals surface area contributed by atoms with Gasteiger partial charge in [-0.05, 0) is 17.7 Å². The second kappa shape index (κ2) is 11.1. The summed E-state index contributed by atoms with van der Waals surface area (Å²) in [6.07, 6.45) is 0.880. The highest BCUT2D eigenvalue weighted by molar-refractivity contribution is 7.09. The molecule has 2 heterocycles. The van der Waals surface area contributed by atoms with Crippen molar-refractivity contribution >= 4 is 28.5 Å². The average Bonchev–Trinajstić information content (AvgIpc) is 3.23. The van der Waals surface area contributed by atoms with Crippen molar-refractivity contribution in [3.8, 4) is 0 Å². The highest BCUT2D eigenvalue weighted by Crippen LogP contribution is 2.20. The van der Waals surface area contributed by atoms with Gasteiger partial charge in [-0.3, -0.25) is 9.59 Å². The first-order valence-corrected chi connectivity index (χ1v) is 11.1. The molecule has 0 radical (unpaired) electrons. The minimum Gasteiger partial charge on any atom is -0.383 e. The van der Waals surface area contributed by atoms with E-state index in [9.17, 15) is 14.0 Å². The molecule has 0 atom stereocenters. The first-order valence-electron chi connectivity index (χ1n) is 10.3. The van der Waals surface area contributed by atoms with Gasteiger partial charge < -0.3 is 19.4 Å². The fraction of sp³-hybridized carbons (Fsp3) is 0.524. The summed E-state index contributed by atoms with van der Waals surface area (Å²) < 4.78 is 22.7. The Kier molecular flexibility index (Phi) is 8.30. The maximum Gasteiger partial charge on any atom is 0.224 e. The fourth-order valence-corrected chi connectivity index (χ4v) is 4.13. The molecule has 10 heteroatoms. The molecule has 0 unspecified atom stereocenters. The van der Waals surface area contributed by atoms with Crippen LogP contribution in [0.5, 0.6) is 0 Å². The molecule has 0 N–H and O–H groups in total. The van der Waals surface area contributed by atoms with Crippen molar-refractivity contribution in [2.75, 3.05) is 57.9 Å². The topological polar surface area (TPSA) is 78.9 Å². The van der Waals surface area contributed by atoms with Crippen LogP contribution in [0, 0.1) is 5.82 Å². The number of aromatic nitrogens is 2. The van der Waals surface area contributed by atoms with Gasteiger partial charge in [0.1, 0.15) is 11.6 Å². The number of halogens is 1. The predicted molar refractivity (Wildman–Crippen MR) is 117 cm³/mol. The van der Waals surface area contributed by atoms with E-state index in [-0.39, 0.29) is 17.6 Å². The lowest BCUT2D eigenvalue weighted by atomic mass is 10.1. The maximum absolute atomic E-state index is 13.1. The summed E-state index contributed by atoms with van der Waals surface area (Å²) in [7, 11) is 1.64. The monoisotopic (exact) mass is 449 g/mol. The summed E-state index contributed by atoms with van der Waals surface area (Å²) >= 11 is 1.29. The summed E-state index contributed by atoms with van der Waals surface area (Å²) in [6.45, 7) is 5.48. The van der Waals surface area contributed by atoms with Crippen LogP contribution in [0.4, 0.5) is 9.52 Å². The van der Waals surface area contributed by atoms with Gasteiger partial charge in [-0.2, -0.15) is 4.37 Å². The number of methoxy groups -OCH3 is 1. The van der Waals surface area contributed by atoms with Crippen LogP contribution in [0.1, 0.15) is 24.7 Å². The Balaban J connectivity index is 1.56. The van der Waals surface area contributed by atoms with Gasteiger partial charge in [0.2, 0.25) is 16.9 Å². The highest BCUT2D eigenvalue weighted by Gasteiger charge is 2.23. The lowest BCUT2D eigenvalue weighted by Gasteiger charge is -2.34. The van der Waals surface area contributed by atoms with Gasteiger partial charge in [-0.1, -0.05) is 12.1 Å². The third kappa shape index (κ3) is 6.70. The smallest absolute Gasteiger partial charge is 0.224 e. The Morgan fingerprint density at radius 1 is 1.13 bits per heavy atom. The molecule has 31 heavy (non-hydrogen) atoms. The molecule has 1 fully saturated rings. The number of carbonyl (C=O) groups excluding carboxylic acids is 2. The summed E-state index contributed by atoms with van der Waals surface area (Å²) in [6, 6.07) is 6.30. The zero-order valence-corrected chi connectivity index (χ0v) is 18.7. The van der Waals surface area contributed by atoms with E-state index < -0.39 is 0 Å². The van der Waals surface area contributed by atoms with E-state index >= 15 is 0 Å². The number of hydrogen-bond donors (Lipinski definition) is 0. The Bertz CT molecular complexity index is 868. The third-order valence-electron chi connectivity index (χ3n) is 5.24. The maximum atomic E-state index is 13.1. The van der Waals surface area contributed by atoms with Gasteiger partial charge in [0.15, 0.2) is 0 Å². The Morgan fingerprint density at radius 2 is 1.81 bits per heavy atom. The first kappa shape index (κ1) is 23.1. The number of piperazine rings is 1. The second-order valence-corrected chi connectivity index (χ2v) is 8.14. The quantitative estimate of drug-likeness (QED) is 0.581. The van der Waals surface area contributed by atoms with Gasteiger partial charge in [0.05, 0.1) is 6.61 Å². The molecule has 3 rings (SSSR count). The normalized spacial score (nSPS) is 14.0. The van der Waals surface area contributed by atoms with Crippen LogP contribution in [-0.2, 0) is 20.7 Å². The molecule has 0 aliphatic carbocycles. The van der Waals surface area contributed by atoms with Crippen LogP contribution in [0.15, 0.2) is 24.3 Å². The zero-order valence-electron chi connectivity index (χ0n) is 17.9. The van der Waals surface area contributed by atoms with Crippen LogP contribution < -0.4 is 4.90 Å². The van der Waals surface area contributed by atoms with E-state index in [0.717, 1.165) is 10.7 Å². The van der Waals surface area contributed by atoms with Crippen molar-refractivity contribution in [1.82, 2.24) is 19.2 Å². The molecule has 0 bridgehead atoms. The molecule has 8 nitrogen and oxygen atoms in total. The second-order valence-electron chi connectivity index (χ2n) is 7.41. The number of nitrogens with zero attached hydrogens (tertiary/aromatic N) is 5. The van der Waals surface area contributed by atoms with Crippen LogP contribution in [0.2, 0.25) is 0 Å². The molecule has 0 saturated carbocycles. The third-order valence-corrected chi connectivity index (χ3v) is 6.06. The van der Waals surface area contributed by atoms with Crippen molar-refractivity contribution in [3.63, 3.8) is 0 Å². The summed E-state index contributed by atoms with van der Waals surface area (Å²) in [5.74, 6) is 0.515. The van der Waals surface area contributed by atoms with Crippen LogP contribution >= 0.6 is 11.5 Å². The van der Waals surface area contributed by atoms with Gasteiger partial charge in [-0.25, -0.2) is 9.37 Å². The lowest BCUT2D eigenvalue weighted by Crippen LogP contribution is -2.50. The van der Waals surface area contributed by atoms with E-state index in [0.29, 0.717) is 64.5 Å². The minimum atomic E-state index is -0.270. The molecule has 1 saturated heterocycles. The molecule has 1 aliphatic heterocycles. The summed E-state index contributed by atoms with van der Waals surface area (Å²) in [5, 5.41) is 0.739. The fourth-order valence-electron chi connectivity index (χ4n) is 3.39. The molecule has 1 aromatic heterocycles. The Morgan fingerprint density at radius 3 is 2.45 bits per heavy atom. The van der Waals surface area contributed by atoms with E-state index in [1.165, 1.54) is 23.7 Å². The SMILES string of the molecule is COCCN(CCC(=O)N1CCN(C(C)=O)CC1)c1nc(Cc2ccc(F)cc2)ns1. The Labute approximate surface area is 185 Å². The molecule has 0 spiro atoms. The van der Waals surface area contributed by atoms with E-state index in [1.54, 1.807) is 31.1 Å². The number of ether oxygens (including phenoxy) is 1. The van der Waals surface area contributed by atoms with Crippen molar-refractivity contribution in [1.29, 1.82) is 0 Å². The number of carbonyl (C=O) groups is 2. The highest BCUT2D eigenvalue weighted by atomic mass is 32.1. The summed E-state index contributed by atoms with van der Waals surface area (Å²) in [4.78, 5) is 34.3. The zero-order chi connectivity index (χ0) is 22.2. The number of benzene rings is 1. The van der Waals surface area contributed by atoms with Gasteiger partial charge in [0, 0.05) is 77.7 Å². The average molecular weight is 450 g/mol. The van der Waals surface area contributed by atoms with E-state index in [1.807, 2.05) is 9.80 Å². The largest absolute Gasteiger partial charge is 0.383 e. The predicted octanol–water partition coefficient (Wildman–Crippen LogP) is 1.80. The molecule has 2 amide bonds. The molecule has 168 valence electrons. The van der Waals surface area contributed by atoms with Crippen molar-refractivity contribution < 1.29 is 18.7 Å². The van der Waals surface area contributed by atoms with Crippen molar-refractivity contribution in [3.05, 3.63) is 41.5 Å². The first-order chi connectivity index (χ1) is 15.0.